The zero-order valence-corrected chi connectivity index (χ0v) is 11.7. The molecule has 3 atom stereocenters. The maximum Gasteiger partial charge on any atom is 0.307 e. The van der Waals surface area contributed by atoms with Crippen LogP contribution < -0.4 is 4.84 Å². The minimum atomic E-state index is -0.976. The molecule has 0 fully saturated rings. The predicted octanol–water partition coefficient (Wildman–Crippen LogP) is 2.79. The summed E-state index contributed by atoms with van der Waals surface area (Å²) in [6.07, 6.45) is 0.394. The molecule has 3 unspecified atom stereocenters. The molecule has 0 heterocycles. The van der Waals surface area contributed by atoms with Crippen LogP contribution in [0.2, 0.25) is 0 Å². The molecule has 5 heteroatoms. The third-order valence-corrected chi connectivity index (χ3v) is 3.59. The van der Waals surface area contributed by atoms with Crippen molar-refractivity contribution in [2.75, 3.05) is 0 Å². The van der Waals surface area contributed by atoms with Crippen LogP contribution in [0.1, 0.15) is 31.7 Å². The number of benzene rings is 1. The van der Waals surface area contributed by atoms with Crippen molar-refractivity contribution in [3.63, 3.8) is 0 Å². The van der Waals surface area contributed by atoms with E-state index in [1.54, 1.807) is 6.92 Å². The van der Waals surface area contributed by atoms with Crippen molar-refractivity contribution in [3.05, 3.63) is 35.9 Å². The quantitative estimate of drug-likeness (QED) is 0.789. The highest BCUT2D eigenvalue weighted by molar-refractivity contribution is 6.21. The molecule has 2 N–H and O–H groups in total. The van der Waals surface area contributed by atoms with E-state index in [9.17, 15) is 14.7 Å². The summed E-state index contributed by atoms with van der Waals surface area (Å²) in [5.41, 5.74) is 1.06. The third-order valence-electron chi connectivity index (χ3n) is 3.40. The summed E-state index contributed by atoms with van der Waals surface area (Å²) in [7, 11) is 0. The van der Waals surface area contributed by atoms with E-state index in [4.69, 9.17) is 11.8 Å². The number of nitrogens with one attached hydrogen (secondary N) is 1. The molecule has 1 aromatic carbocycles. The van der Waals surface area contributed by atoms with Gasteiger partial charge < -0.3 is 5.11 Å². The van der Waals surface area contributed by atoms with E-state index in [2.05, 4.69) is 0 Å². The van der Waals surface area contributed by atoms with Gasteiger partial charge in [-0.05, 0) is 17.9 Å². The molecule has 0 aliphatic rings. The van der Waals surface area contributed by atoms with E-state index in [0.717, 1.165) is 5.56 Å². The average molecular weight is 284 g/mol. The van der Waals surface area contributed by atoms with Crippen LogP contribution in [-0.2, 0) is 9.59 Å². The van der Waals surface area contributed by atoms with Crippen LogP contribution in [0.25, 0.3) is 0 Å². The van der Waals surface area contributed by atoms with Crippen molar-refractivity contribution >= 4 is 23.7 Å². The van der Waals surface area contributed by atoms with Gasteiger partial charge in [0.05, 0.1) is 5.92 Å². The second-order valence-electron chi connectivity index (χ2n) is 4.74. The lowest BCUT2D eigenvalue weighted by atomic mass is 9.83. The Morgan fingerprint density at radius 1 is 1.26 bits per heavy atom. The van der Waals surface area contributed by atoms with Gasteiger partial charge >= 0.3 is 5.97 Å². The summed E-state index contributed by atoms with van der Waals surface area (Å²) in [6, 6.07) is 9.65. The first-order chi connectivity index (χ1) is 8.97. The molecule has 1 aromatic rings. The van der Waals surface area contributed by atoms with Gasteiger partial charge in [-0.15, -0.1) is 0 Å². The fraction of sp³-hybridized carbons (Fsp3) is 0.429. The number of carboxylic acids is 1. The molecule has 19 heavy (non-hydrogen) atoms. The number of carboxylic acid groups (broad SMARTS) is 1. The van der Waals surface area contributed by atoms with Crippen LogP contribution in [0, 0.1) is 11.8 Å². The monoisotopic (exact) mass is 283 g/mol. The van der Waals surface area contributed by atoms with Crippen LogP contribution in [0.5, 0.6) is 0 Å². The summed E-state index contributed by atoms with van der Waals surface area (Å²) in [5, 5.41) is 9.26. The largest absolute Gasteiger partial charge is 0.481 e. The minimum absolute atomic E-state index is 0.0628. The Labute approximate surface area is 117 Å². The maximum atomic E-state index is 11.5. The number of rotatable bonds is 6. The number of halogens is 1. The zero-order chi connectivity index (χ0) is 14.4. The lowest BCUT2D eigenvalue weighted by Crippen LogP contribution is -2.33. The van der Waals surface area contributed by atoms with Crippen LogP contribution in [-0.4, -0.2) is 17.0 Å². The second kappa shape index (κ2) is 7.14. The Bertz CT molecular complexity index is 436. The molecule has 0 saturated heterocycles. The Balaban J connectivity index is 2.79. The first kappa shape index (κ1) is 15.5. The van der Waals surface area contributed by atoms with E-state index in [1.807, 2.05) is 42.1 Å². The normalized spacial score (nSPS) is 15.3. The van der Waals surface area contributed by atoms with Crippen molar-refractivity contribution < 1.29 is 14.7 Å². The summed E-state index contributed by atoms with van der Waals surface area (Å²) < 4.78 is 0. The first-order valence-corrected chi connectivity index (χ1v) is 6.53. The lowest BCUT2D eigenvalue weighted by Gasteiger charge is -2.22. The topological polar surface area (TPSA) is 66.4 Å². The molecule has 104 valence electrons. The van der Waals surface area contributed by atoms with Gasteiger partial charge in [-0.1, -0.05) is 44.2 Å². The van der Waals surface area contributed by atoms with Gasteiger partial charge in [0.15, 0.2) is 0 Å². The number of carbonyl (C=O) groups excluding carboxylic acids is 1. The number of aliphatic carboxylic acids is 1. The molecule has 0 aliphatic heterocycles. The molecule has 0 saturated carbocycles. The number of hydrogen-bond acceptors (Lipinski definition) is 2. The van der Waals surface area contributed by atoms with Gasteiger partial charge in [0.2, 0.25) is 5.91 Å². The van der Waals surface area contributed by atoms with E-state index >= 15 is 0 Å². The molecule has 4 nitrogen and oxygen atoms in total. The SMILES string of the molecule is CC(CC(C(=O)O)C(C)C(=O)NCl)c1ccccc1. The van der Waals surface area contributed by atoms with Gasteiger partial charge in [0.1, 0.15) is 0 Å². The molecule has 0 radical (unpaired) electrons. The highest BCUT2D eigenvalue weighted by Crippen LogP contribution is 2.28. The van der Waals surface area contributed by atoms with E-state index < -0.39 is 23.7 Å². The standard InChI is InChI=1S/C14H18ClNO3/c1-9(11-6-4-3-5-7-11)8-12(14(18)19)10(2)13(17)16-15/h3-7,9-10,12H,8H2,1-2H3,(H,16,17)(H,18,19). The third kappa shape index (κ3) is 4.24. The highest BCUT2D eigenvalue weighted by atomic mass is 35.5. The van der Waals surface area contributed by atoms with Gasteiger partial charge in [-0.25, -0.2) is 0 Å². The summed E-state index contributed by atoms with van der Waals surface area (Å²) >= 11 is 5.26. The van der Waals surface area contributed by atoms with E-state index in [-0.39, 0.29) is 5.92 Å². The average Bonchev–Trinajstić information content (AvgIpc) is 2.43. The molecule has 0 bridgehead atoms. The van der Waals surface area contributed by atoms with Crippen LogP contribution in [0.15, 0.2) is 30.3 Å². The van der Waals surface area contributed by atoms with Crippen molar-refractivity contribution in [1.82, 2.24) is 4.84 Å². The number of hydrogen-bond donors (Lipinski definition) is 2. The first-order valence-electron chi connectivity index (χ1n) is 6.15. The van der Waals surface area contributed by atoms with Crippen molar-refractivity contribution in [2.24, 2.45) is 11.8 Å². The van der Waals surface area contributed by atoms with Crippen molar-refractivity contribution in [1.29, 1.82) is 0 Å². The van der Waals surface area contributed by atoms with Gasteiger partial charge in [-0.3, -0.25) is 14.4 Å². The fourth-order valence-electron chi connectivity index (χ4n) is 2.09. The second-order valence-corrected chi connectivity index (χ2v) is 4.93. The number of amides is 1. The Kier molecular flexibility index (Phi) is 5.83. The molecular formula is C14H18ClNO3. The van der Waals surface area contributed by atoms with Crippen molar-refractivity contribution in [2.45, 2.75) is 26.2 Å². The smallest absolute Gasteiger partial charge is 0.307 e. The molecule has 0 aromatic heterocycles. The molecule has 1 amide bonds. The Morgan fingerprint density at radius 2 is 1.84 bits per heavy atom. The fourth-order valence-corrected chi connectivity index (χ4v) is 2.26. The zero-order valence-electron chi connectivity index (χ0n) is 11.0. The van der Waals surface area contributed by atoms with Gasteiger partial charge in [-0.2, -0.15) is 0 Å². The molecule has 1 rings (SSSR count). The summed E-state index contributed by atoms with van der Waals surface area (Å²) in [4.78, 5) is 24.8. The molecule has 0 spiro atoms. The minimum Gasteiger partial charge on any atom is -0.481 e. The van der Waals surface area contributed by atoms with Gasteiger partial charge in [0.25, 0.3) is 0 Å². The molecular weight excluding hydrogens is 266 g/mol. The predicted molar refractivity (Wildman–Crippen MR) is 73.8 cm³/mol. The summed E-state index contributed by atoms with van der Waals surface area (Å²) in [5.74, 6) is -2.80. The van der Waals surface area contributed by atoms with Crippen molar-refractivity contribution in [3.8, 4) is 0 Å². The Hall–Kier alpha value is -1.55. The Morgan fingerprint density at radius 3 is 2.32 bits per heavy atom. The van der Waals surface area contributed by atoms with Crippen LogP contribution in [0.4, 0.5) is 0 Å². The number of carbonyl (C=O) groups is 2. The highest BCUT2D eigenvalue weighted by Gasteiger charge is 2.31. The lowest BCUT2D eigenvalue weighted by molar-refractivity contribution is -0.147. The maximum absolute atomic E-state index is 11.5. The van der Waals surface area contributed by atoms with Crippen LogP contribution >= 0.6 is 11.8 Å². The van der Waals surface area contributed by atoms with Crippen LogP contribution in [0.3, 0.4) is 0 Å². The van der Waals surface area contributed by atoms with E-state index in [1.165, 1.54) is 0 Å². The summed E-state index contributed by atoms with van der Waals surface area (Å²) in [6.45, 7) is 3.53. The van der Waals surface area contributed by atoms with E-state index in [0.29, 0.717) is 6.42 Å². The van der Waals surface area contributed by atoms with Gasteiger partial charge in [0, 0.05) is 17.7 Å². The molecule has 0 aliphatic carbocycles.